The third-order valence-electron chi connectivity index (χ3n) is 5.64. The monoisotopic (exact) mass is 604 g/mol. The summed E-state index contributed by atoms with van der Waals surface area (Å²) in [5, 5.41) is 18.8. The second kappa shape index (κ2) is 14.1. The van der Waals surface area contributed by atoms with Gasteiger partial charge in [-0.3, -0.25) is 10.1 Å². The predicted octanol–water partition coefficient (Wildman–Crippen LogP) is 5.88. The average molecular weight is 605 g/mol. The molecule has 3 amide bonds. The second-order valence-corrected chi connectivity index (χ2v) is 9.78. The number of anilines is 3. The van der Waals surface area contributed by atoms with E-state index in [0.717, 1.165) is 11.8 Å². The zero-order chi connectivity index (χ0) is 30.1. The minimum atomic E-state index is -0.672. The van der Waals surface area contributed by atoms with E-state index in [9.17, 15) is 14.9 Å². The van der Waals surface area contributed by atoms with Crippen LogP contribution in [0.2, 0.25) is 5.02 Å². The van der Waals surface area contributed by atoms with Gasteiger partial charge in [0.25, 0.3) is 0 Å². The number of urea groups is 1. The number of carbonyl (C=O) groups is 2. The van der Waals surface area contributed by atoms with Crippen LogP contribution in [0.1, 0.15) is 5.56 Å². The lowest BCUT2D eigenvalue weighted by molar-refractivity contribution is -0.117. The molecule has 0 spiro atoms. The number of amides is 3. The highest BCUT2D eigenvalue weighted by Gasteiger charge is 2.22. The van der Waals surface area contributed by atoms with Gasteiger partial charge in [0, 0.05) is 22.0 Å². The predicted molar refractivity (Wildman–Crippen MR) is 161 cm³/mol. The maximum absolute atomic E-state index is 12.6. The minimum absolute atomic E-state index is 0.125. The average Bonchev–Trinajstić information content (AvgIpc) is 2.99. The zero-order valence-electron chi connectivity index (χ0n) is 22.7. The Labute approximate surface area is 251 Å². The number of methoxy groups -OCH3 is 3. The van der Waals surface area contributed by atoms with E-state index in [0.29, 0.717) is 39.2 Å². The summed E-state index contributed by atoms with van der Waals surface area (Å²) in [6, 6.07) is 20.4. The third-order valence-corrected chi connectivity index (χ3v) is 6.73. The maximum Gasteiger partial charge on any atom is 0.325 e. The van der Waals surface area contributed by atoms with Crippen molar-refractivity contribution in [2.45, 2.75) is 5.16 Å². The van der Waals surface area contributed by atoms with Crippen LogP contribution in [-0.2, 0) is 4.79 Å². The van der Waals surface area contributed by atoms with Crippen LogP contribution in [0, 0.1) is 11.3 Å². The molecule has 0 fully saturated rings. The number of hydrogen-bond donors (Lipinski definition) is 3. The first kappa shape index (κ1) is 30.0. The van der Waals surface area contributed by atoms with E-state index in [1.165, 1.54) is 21.3 Å². The Morgan fingerprint density at radius 3 is 2.24 bits per heavy atom. The molecule has 214 valence electrons. The van der Waals surface area contributed by atoms with Crippen LogP contribution in [0.25, 0.3) is 11.3 Å². The summed E-state index contributed by atoms with van der Waals surface area (Å²) in [4.78, 5) is 33.9. The van der Waals surface area contributed by atoms with E-state index in [1.54, 1.807) is 60.7 Å². The van der Waals surface area contributed by atoms with Gasteiger partial charge in [0.15, 0.2) is 22.5 Å². The third kappa shape index (κ3) is 7.39. The van der Waals surface area contributed by atoms with Gasteiger partial charge >= 0.3 is 6.03 Å². The quantitative estimate of drug-likeness (QED) is 0.148. The molecule has 0 radical (unpaired) electrons. The molecule has 0 aliphatic heterocycles. The van der Waals surface area contributed by atoms with Crippen molar-refractivity contribution >= 4 is 52.5 Å². The molecule has 3 aromatic carbocycles. The standard InChI is InChI=1S/C29H25ClN6O5S/c1-39-22-12-17(13-23(40-2)26(22)41-3)25-21(15-31)27(32-20-11-7-8-18(30)14-20)36-29(35-25)42-16-24(37)34-28(38)33-19-9-5-4-6-10-19/h4-14H,16H2,1-3H3,(H,32,35,36)(H2,33,34,37,38). The first-order valence-electron chi connectivity index (χ1n) is 12.3. The number of nitrogens with zero attached hydrogens (tertiary/aromatic N) is 3. The van der Waals surface area contributed by atoms with Crippen LogP contribution >= 0.6 is 23.4 Å². The first-order chi connectivity index (χ1) is 20.3. The Balaban J connectivity index is 1.68. The SMILES string of the molecule is COc1cc(-c2nc(SCC(=O)NC(=O)Nc3ccccc3)nc(Nc3cccc(Cl)c3)c2C#N)cc(OC)c1OC. The molecule has 0 saturated carbocycles. The summed E-state index contributed by atoms with van der Waals surface area (Å²) >= 11 is 7.14. The summed E-state index contributed by atoms with van der Waals surface area (Å²) in [6.07, 6.45) is 0. The highest BCUT2D eigenvalue weighted by Crippen LogP contribution is 2.42. The zero-order valence-corrected chi connectivity index (χ0v) is 24.3. The lowest BCUT2D eigenvalue weighted by Gasteiger charge is -2.16. The number of benzene rings is 3. The van der Waals surface area contributed by atoms with Gasteiger partial charge in [-0.1, -0.05) is 47.6 Å². The number of aromatic nitrogens is 2. The molecule has 0 saturated heterocycles. The molecule has 4 rings (SSSR count). The number of hydrogen-bond acceptors (Lipinski definition) is 10. The van der Waals surface area contributed by atoms with Gasteiger partial charge < -0.3 is 24.8 Å². The van der Waals surface area contributed by atoms with Gasteiger partial charge in [0.2, 0.25) is 11.7 Å². The Morgan fingerprint density at radius 1 is 0.929 bits per heavy atom. The van der Waals surface area contributed by atoms with Crippen molar-refractivity contribution in [3.05, 3.63) is 77.3 Å². The Morgan fingerprint density at radius 2 is 1.62 bits per heavy atom. The molecular formula is C29H25ClN6O5S. The van der Waals surface area contributed by atoms with E-state index < -0.39 is 11.9 Å². The molecule has 3 N–H and O–H groups in total. The minimum Gasteiger partial charge on any atom is -0.493 e. The van der Waals surface area contributed by atoms with Crippen LogP contribution in [-0.4, -0.2) is 49.0 Å². The molecule has 0 atom stereocenters. The van der Waals surface area contributed by atoms with Crippen molar-refractivity contribution in [1.82, 2.24) is 15.3 Å². The van der Waals surface area contributed by atoms with Gasteiger partial charge in [-0.2, -0.15) is 5.26 Å². The highest BCUT2D eigenvalue weighted by atomic mass is 35.5. The molecule has 0 unspecified atom stereocenters. The molecule has 4 aromatic rings. The van der Waals surface area contributed by atoms with Crippen LogP contribution in [0.15, 0.2) is 71.9 Å². The van der Waals surface area contributed by atoms with Crippen molar-refractivity contribution in [2.24, 2.45) is 0 Å². The second-order valence-electron chi connectivity index (χ2n) is 8.40. The fourth-order valence-electron chi connectivity index (χ4n) is 3.81. The first-order valence-corrected chi connectivity index (χ1v) is 13.6. The number of imide groups is 1. The van der Waals surface area contributed by atoms with Crippen LogP contribution in [0.3, 0.4) is 0 Å². The Hall–Kier alpha value is -4.99. The number of thioether (sulfide) groups is 1. The van der Waals surface area contributed by atoms with Gasteiger partial charge in [-0.15, -0.1) is 0 Å². The lowest BCUT2D eigenvalue weighted by atomic mass is 10.1. The van der Waals surface area contributed by atoms with E-state index in [2.05, 4.69) is 32.0 Å². The molecular weight excluding hydrogens is 580 g/mol. The van der Waals surface area contributed by atoms with E-state index in [-0.39, 0.29) is 28.0 Å². The molecule has 11 nitrogen and oxygen atoms in total. The highest BCUT2D eigenvalue weighted by molar-refractivity contribution is 7.99. The number of para-hydroxylation sites is 1. The number of nitriles is 1. The number of rotatable bonds is 10. The largest absolute Gasteiger partial charge is 0.493 e. The van der Waals surface area contributed by atoms with Crippen LogP contribution in [0.4, 0.5) is 22.0 Å². The molecule has 1 heterocycles. The van der Waals surface area contributed by atoms with Crippen molar-refractivity contribution in [2.75, 3.05) is 37.7 Å². The van der Waals surface area contributed by atoms with Crippen molar-refractivity contribution < 1.29 is 23.8 Å². The Kier molecular flexibility index (Phi) is 10.0. The van der Waals surface area contributed by atoms with Crippen LogP contribution < -0.4 is 30.2 Å². The van der Waals surface area contributed by atoms with Crippen molar-refractivity contribution in [3.63, 3.8) is 0 Å². The number of nitrogens with one attached hydrogen (secondary N) is 3. The van der Waals surface area contributed by atoms with Gasteiger partial charge in [0.05, 0.1) is 32.8 Å². The van der Waals surface area contributed by atoms with Gasteiger partial charge in [-0.25, -0.2) is 14.8 Å². The summed E-state index contributed by atoms with van der Waals surface area (Å²) in [5.41, 5.74) is 1.98. The number of ether oxygens (including phenoxy) is 3. The molecule has 1 aromatic heterocycles. The lowest BCUT2D eigenvalue weighted by Crippen LogP contribution is -2.35. The maximum atomic E-state index is 12.6. The summed E-state index contributed by atoms with van der Waals surface area (Å²) in [7, 11) is 4.44. The fraction of sp³-hybridized carbons (Fsp3) is 0.138. The van der Waals surface area contributed by atoms with E-state index >= 15 is 0 Å². The normalized spacial score (nSPS) is 10.3. The van der Waals surface area contributed by atoms with E-state index in [1.807, 2.05) is 6.07 Å². The van der Waals surface area contributed by atoms with E-state index in [4.69, 9.17) is 25.8 Å². The molecule has 0 bridgehead atoms. The van der Waals surface area contributed by atoms with Gasteiger partial charge in [0.1, 0.15) is 11.6 Å². The Bertz CT molecular complexity index is 1620. The smallest absolute Gasteiger partial charge is 0.325 e. The van der Waals surface area contributed by atoms with Crippen LogP contribution in [0.5, 0.6) is 17.2 Å². The molecule has 13 heteroatoms. The number of carbonyl (C=O) groups excluding carboxylic acids is 2. The molecule has 0 aliphatic rings. The molecule has 0 aliphatic carbocycles. The molecule has 42 heavy (non-hydrogen) atoms. The topological polar surface area (TPSA) is 147 Å². The summed E-state index contributed by atoms with van der Waals surface area (Å²) in [5.74, 6) is 0.518. The number of halogens is 1. The fourth-order valence-corrected chi connectivity index (χ4v) is 4.64. The van der Waals surface area contributed by atoms with Crippen molar-refractivity contribution in [1.29, 1.82) is 5.26 Å². The summed E-state index contributed by atoms with van der Waals surface area (Å²) < 4.78 is 16.4. The summed E-state index contributed by atoms with van der Waals surface area (Å²) in [6.45, 7) is 0. The van der Waals surface area contributed by atoms with Gasteiger partial charge in [-0.05, 0) is 42.5 Å². The van der Waals surface area contributed by atoms with Crippen molar-refractivity contribution in [3.8, 4) is 34.6 Å².